The van der Waals surface area contributed by atoms with Gasteiger partial charge < -0.3 is 10.6 Å². The first-order chi connectivity index (χ1) is 13.5. The number of pyridine rings is 1. The van der Waals surface area contributed by atoms with E-state index in [1.54, 1.807) is 0 Å². The molecule has 2 aromatic rings. The molecule has 3 nitrogen and oxygen atoms in total. The van der Waals surface area contributed by atoms with Crippen molar-refractivity contribution in [2.75, 3.05) is 13.1 Å². The van der Waals surface area contributed by atoms with Gasteiger partial charge in [-0.2, -0.15) is 13.2 Å². The minimum Gasteiger partial charge on any atom is -0.313 e. The SMILES string of the molecule is FC(F)(F)c1ccc(CNCC2(CNC3C[C@@H]3c3ccccc3)CCC2)cn1. The molecule has 2 aliphatic rings. The molecule has 150 valence electrons. The summed E-state index contributed by atoms with van der Waals surface area (Å²) in [5, 5.41) is 7.17. The summed E-state index contributed by atoms with van der Waals surface area (Å²) >= 11 is 0. The molecule has 1 heterocycles. The van der Waals surface area contributed by atoms with E-state index in [1.807, 2.05) is 0 Å². The van der Waals surface area contributed by atoms with E-state index in [0.29, 0.717) is 18.5 Å². The van der Waals surface area contributed by atoms with Gasteiger partial charge in [0.15, 0.2) is 0 Å². The molecule has 28 heavy (non-hydrogen) atoms. The van der Waals surface area contributed by atoms with Gasteiger partial charge in [0, 0.05) is 37.8 Å². The molecule has 2 N–H and O–H groups in total. The first-order valence-electron chi connectivity index (χ1n) is 9.96. The number of halogens is 3. The standard InChI is InChI=1S/C22H26F3N3/c23-22(24,25)20-8-7-16(13-27-20)12-26-14-21(9-4-10-21)15-28-19-11-18(19)17-5-2-1-3-6-17/h1-3,5-8,13,18-19,26,28H,4,9-12,14-15H2/t18-,19?/m1/s1. The Balaban J connectivity index is 1.22. The third-order valence-corrected chi connectivity index (χ3v) is 6.12. The van der Waals surface area contributed by atoms with Crippen LogP contribution in [0.4, 0.5) is 13.2 Å². The second kappa shape index (κ2) is 7.84. The van der Waals surface area contributed by atoms with E-state index < -0.39 is 11.9 Å². The van der Waals surface area contributed by atoms with Crippen molar-refractivity contribution in [1.29, 1.82) is 0 Å². The molecule has 0 radical (unpaired) electrons. The summed E-state index contributed by atoms with van der Waals surface area (Å²) in [5.74, 6) is 0.629. The van der Waals surface area contributed by atoms with E-state index in [0.717, 1.165) is 24.7 Å². The van der Waals surface area contributed by atoms with Gasteiger partial charge in [-0.3, -0.25) is 4.98 Å². The van der Waals surface area contributed by atoms with Crippen LogP contribution >= 0.6 is 0 Å². The van der Waals surface area contributed by atoms with Crippen molar-refractivity contribution in [3.05, 3.63) is 65.5 Å². The minimum atomic E-state index is -4.38. The number of nitrogens with one attached hydrogen (secondary N) is 2. The molecule has 2 aliphatic carbocycles. The van der Waals surface area contributed by atoms with Gasteiger partial charge in [-0.05, 0) is 41.9 Å². The summed E-state index contributed by atoms with van der Waals surface area (Å²) in [5.41, 5.74) is 1.62. The fourth-order valence-corrected chi connectivity index (χ4v) is 4.10. The lowest BCUT2D eigenvalue weighted by Crippen LogP contribution is -2.47. The van der Waals surface area contributed by atoms with Gasteiger partial charge in [0.25, 0.3) is 0 Å². The van der Waals surface area contributed by atoms with Crippen LogP contribution in [0.3, 0.4) is 0 Å². The van der Waals surface area contributed by atoms with Crippen LogP contribution in [0.25, 0.3) is 0 Å². The van der Waals surface area contributed by atoms with Gasteiger partial charge in [0.2, 0.25) is 0 Å². The van der Waals surface area contributed by atoms with Crippen molar-refractivity contribution in [2.24, 2.45) is 5.41 Å². The molecule has 1 unspecified atom stereocenters. The van der Waals surface area contributed by atoms with Crippen molar-refractivity contribution in [2.45, 2.75) is 50.4 Å². The largest absolute Gasteiger partial charge is 0.433 e. The quantitative estimate of drug-likeness (QED) is 0.698. The van der Waals surface area contributed by atoms with Crippen molar-refractivity contribution in [1.82, 2.24) is 15.6 Å². The number of nitrogens with zero attached hydrogens (tertiary/aromatic N) is 1. The number of alkyl halides is 3. The molecule has 0 spiro atoms. The maximum Gasteiger partial charge on any atom is 0.433 e. The lowest BCUT2D eigenvalue weighted by Gasteiger charge is -2.42. The number of aromatic nitrogens is 1. The number of hydrogen-bond donors (Lipinski definition) is 2. The molecule has 2 fully saturated rings. The highest BCUT2D eigenvalue weighted by molar-refractivity contribution is 5.27. The first-order valence-corrected chi connectivity index (χ1v) is 9.96. The van der Waals surface area contributed by atoms with Crippen LogP contribution in [0, 0.1) is 5.41 Å². The normalized spacial score (nSPS) is 23.2. The molecule has 0 aliphatic heterocycles. The molecule has 2 saturated carbocycles. The number of rotatable bonds is 8. The molecule has 0 amide bonds. The highest BCUT2D eigenvalue weighted by Crippen LogP contribution is 2.44. The predicted molar refractivity (Wildman–Crippen MR) is 103 cm³/mol. The zero-order valence-electron chi connectivity index (χ0n) is 15.8. The maximum absolute atomic E-state index is 12.6. The highest BCUT2D eigenvalue weighted by Gasteiger charge is 2.42. The Bertz CT molecular complexity index is 770. The molecule has 1 aromatic carbocycles. The number of hydrogen-bond acceptors (Lipinski definition) is 3. The zero-order valence-corrected chi connectivity index (χ0v) is 15.8. The molecule has 0 bridgehead atoms. The van der Waals surface area contributed by atoms with Crippen LogP contribution in [0.15, 0.2) is 48.7 Å². The van der Waals surface area contributed by atoms with Crippen LogP contribution in [-0.4, -0.2) is 24.1 Å². The molecule has 1 aromatic heterocycles. The van der Waals surface area contributed by atoms with Gasteiger partial charge in [-0.25, -0.2) is 0 Å². The molecular formula is C22H26F3N3. The lowest BCUT2D eigenvalue weighted by atomic mass is 9.68. The van der Waals surface area contributed by atoms with E-state index in [4.69, 9.17) is 0 Å². The second-order valence-electron chi connectivity index (χ2n) is 8.25. The average molecular weight is 389 g/mol. The molecule has 2 atom stereocenters. The minimum absolute atomic E-state index is 0.267. The summed E-state index contributed by atoms with van der Waals surface area (Å²) < 4.78 is 37.8. The third kappa shape index (κ3) is 4.55. The van der Waals surface area contributed by atoms with Crippen LogP contribution in [-0.2, 0) is 12.7 Å². The fourth-order valence-electron chi connectivity index (χ4n) is 4.10. The van der Waals surface area contributed by atoms with Crippen molar-refractivity contribution >= 4 is 0 Å². The van der Waals surface area contributed by atoms with E-state index in [1.165, 1.54) is 43.5 Å². The Morgan fingerprint density at radius 2 is 1.82 bits per heavy atom. The van der Waals surface area contributed by atoms with Gasteiger partial charge >= 0.3 is 6.18 Å². The monoisotopic (exact) mass is 389 g/mol. The van der Waals surface area contributed by atoms with E-state index in [2.05, 4.69) is 45.9 Å². The lowest BCUT2D eigenvalue weighted by molar-refractivity contribution is -0.141. The summed E-state index contributed by atoms with van der Waals surface area (Å²) in [4.78, 5) is 3.53. The zero-order chi connectivity index (χ0) is 19.6. The molecule has 0 saturated heterocycles. The van der Waals surface area contributed by atoms with Gasteiger partial charge in [0.05, 0.1) is 0 Å². The van der Waals surface area contributed by atoms with Crippen LogP contribution in [0.2, 0.25) is 0 Å². The van der Waals surface area contributed by atoms with Gasteiger partial charge in [-0.1, -0.05) is 42.8 Å². The second-order valence-corrected chi connectivity index (χ2v) is 8.25. The van der Waals surface area contributed by atoms with E-state index >= 15 is 0 Å². The molecular weight excluding hydrogens is 363 g/mol. The Morgan fingerprint density at radius 1 is 1.04 bits per heavy atom. The van der Waals surface area contributed by atoms with Crippen LogP contribution in [0.1, 0.15) is 48.4 Å². The predicted octanol–water partition coefficient (Wildman–Crippen LogP) is 4.51. The summed E-state index contributed by atoms with van der Waals surface area (Å²) in [6.07, 6.45) is 1.77. The average Bonchev–Trinajstić information content (AvgIpc) is 3.43. The summed E-state index contributed by atoms with van der Waals surface area (Å²) in [6, 6.07) is 13.8. The number of benzene rings is 1. The van der Waals surface area contributed by atoms with Crippen LogP contribution in [0.5, 0.6) is 0 Å². The van der Waals surface area contributed by atoms with Crippen molar-refractivity contribution in [3.63, 3.8) is 0 Å². The highest BCUT2D eigenvalue weighted by atomic mass is 19.4. The van der Waals surface area contributed by atoms with Crippen molar-refractivity contribution < 1.29 is 13.2 Å². The van der Waals surface area contributed by atoms with Gasteiger partial charge in [-0.15, -0.1) is 0 Å². The molecule has 4 rings (SSSR count). The van der Waals surface area contributed by atoms with Gasteiger partial charge in [0.1, 0.15) is 5.69 Å². The topological polar surface area (TPSA) is 37.0 Å². The van der Waals surface area contributed by atoms with Crippen LogP contribution < -0.4 is 10.6 Å². The summed E-state index contributed by atoms with van der Waals surface area (Å²) in [6.45, 7) is 2.42. The summed E-state index contributed by atoms with van der Waals surface area (Å²) in [7, 11) is 0. The fraction of sp³-hybridized carbons (Fsp3) is 0.500. The smallest absolute Gasteiger partial charge is 0.313 e. The first kappa shape index (κ1) is 19.4. The Hall–Kier alpha value is -1.92. The van der Waals surface area contributed by atoms with E-state index in [9.17, 15) is 13.2 Å². The Kier molecular flexibility index (Phi) is 5.43. The molecule has 6 heteroatoms. The Morgan fingerprint density at radius 3 is 2.43 bits per heavy atom. The van der Waals surface area contributed by atoms with E-state index in [-0.39, 0.29) is 5.41 Å². The van der Waals surface area contributed by atoms with Crippen molar-refractivity contribution in [3.8, 4) is 0 Å². The third-order valence-electron chi connectivity index (χ3n) is 6.12. The maximum atomic E-state index is 12.6. The Labute approximate surface area is 163 Å².